The van der Waals surface area contributed by atoms with E-state index < -0.39 is 0 Å². The summed E-state index contributed by atoms with van der Waals surface area (Å²) in [5.74, 6) is 2.11. The minimum absolute atomic E-state index is 0.395. The number of rotatable bonds is 4. The van der Waals surface area contributed by atoms with E-state index in [9.17, 15) is 0 Å². The molecule has 1 saturated carbocycles. The molecule has 1 fully saturated rings. The van der Waals surface area contributed by atoms with Crippen LogP contribution in [0.3, 0.4) is 0 Å². The largest absolute Gasteiger partial charge is 0.317 e. The Labute approximate surface area is 138 Å². The van der Waals surface area contributed by atoms with E-state index in [2.05, 4.69) is 65.8 Å². The molecule has 2 rings (SSSR count). The van der Waals surface area contributed by atoms with Gasteiger partial charge in [-0.05, 0) is 65.5 Å². The van der Waals surface area contributed by atoms with Gasteiger partial charge in [-0.25, -0.2) is 0 Å². The molecule has 1 N–H and O–H groups in total. The smallest absolute Gasteiger partial charge is 0.0635 e. The minimum Gasteiger partial charge on any atom is -0.317 e. The van der Waals surface area contributed by atoms with E-state index in [0.29, 0.717) is 11.3 Å². The summed E-state index contributed by atoms with van der Waals surface area (Å²) in [7, 11) is 2.07. The summed E-state index contributed by atoms with van der Waals surface area (Å²) in [4.78, 5) is 0. The van der Waals surface area contributed by atoms with Gasteiger partial charge < -0.3 is 5.32 Å². The maximum absolute atomic E-state index is 4.44. The Kier molecular flexibility index (Phi) is 5.53. The number of nitrogens with one attached hydrogen (secondary N) is 1. The number of hydrogen-bond acceptors (Lipinski definition) is 2. The van der Waals surface area contributed by atoms with Crippen LogP contribution in [0.15, 0.2) is 10.7 Å². The Morgan fingerprint density at radius 2 is 2.10 bits per heavy atom. The number of aryl methyl sites for hydroxylation is 1. The molecule has 1 aromatic rings. The van der Waals surface area contributed by atoms with Gasteiger partial charge in [0.25, 0.3) is 0 Å². The first-order valence-corrected chi connectivity index (χ1v) is 9.02. The molecule has 1 aliphatic rings. The van der Waals surface area contributed by atoms with Gasteiger partial charge >= 0.3 is 0 Å². The lowest BCUT2D eigenvalue weighted by atomic mass is 9.64. The van der Waals surface area contributed by atoms with Crippen LogP contribution in [0, 0.1) is 17.3 Å². The molecule has 0 aliphatic heterocycles. The van der Waals surface area contributed by atoms with Crippen molar-refractivity contribution in [1.82, 2.24) is 15.1 Å². The van der Waals surface area contributed by atoms with Crippen molar-refractivity contribution >= 4 is 15.9 Å². The topological polar surface area (TPSA) is 29.9 Å². The summed E-state index contributed by atoms with van der Waals surface area (Å²) in [5, 5.41) is 8.00. The minimum atomic E-state index is 0.395. The van der Waals surface area contributed by atoms with E-state index in [1.54, 1.807) is 0 Å². The monoisotopic (exact) mass is 355 g/mol. The molecule has 0 spiro atoms. The maximum Gasteiger partial charge on any atom is 0.0635 e. The molecule has 3 nitrogen and oxygen atoms in total. The molecule has 3 unspecified atom stereocenters. The molecule has 4 heteroatoms. The molecule has 0 aromatic carbocycles. The fourth-order valence-corrected chi connectivity index (χ4v) is 4.41. The maximum atomic E-state index is 4.44. The normalized spacial score (nSPS) is 27.0. The third-order valence-electron chi connectivity index (χ3n) is 5.16. The van der Waals surface area contributed by atoms with E-state index in [4.69, 9.17) is 0 Å². The zero-order valence-corrected chi connectivity index (χ0v) is 15.7. The first kappa shape index (κ1) is 17.0. The quantitative estimate of drug-likeness (QED) is 0.870. The first-order valence-electron chi connectivity index (χ1n) is 8.22. The van der Waals surface area contributed by atoms with Crippen molar-refractivity contribution in [2.75, 3.05) is 13.1 Å². The van der Waals surface area contributed by atoms with E-state index in [1.165, 1.54) is 29.4 Å². The Bertz CT molecular complexity index is 442. The van der Waals surface area contributed by atoms with E-state index >= 15 is 0 Å². The third-order valence-corrected chi connectivity index (χ3v) is 5.77. The van der Waals surface area contributed by atoms with Crippen LogP contribution >= 0.6 is 15.9 Å². The summed E-state index contributed by atoms with van der Waals surface area (Å²) in [6.07, 6.45) is 5.89. The summed E-state index contributed by atoms with van der Waals surface area (Å²) >= 11 is 3.71. The molecular weight excluding hydrogens is 326 g/mol. The SMILES string of the molecule is CCNCC1CCC(C(C)(C)C)CC1c1c(Br)cnn1C. The van der Waals surface area contributed by atoms with Crippen LogP contribution in [-0.2, 0) is 7.05 Å². The van der Waals surface area contributed by atoms with Crippen LogP contribution in [0.1, 0.15) is 58.6 Å². The van der Waals surface area contributed by atoms with Crippen LogP contribution in [0.2, 0.25) is 0 Å². The Hall–Kier alpha value is -0.350. The molecule has 0 amide bonds. The molecule has 1 heterocycles. The van der Waals surface area contributed by atoms with Crippen molar-refractivity contribution in [3.63, 3.8) is 0 Å². The lowest BCUT2D eigenvalue weighted by Gasteiger charge is -2.42. The molecule has 0 bridgehead atoms. The average molecular weight is 356 g/mol. The Morgan fingerprint density at radius 3 is 2.62 bits per heavy atom. The van der Waals surface area contributed by atoms with Crippen molar-refractivity contribution < 1.29 is 0 Å². The lowest BCUT2D eigenvalue weighted by Crippen LogP contribution is -2.36. The highest BCUT2D eigenvalue weighted by Crippen LogP contribution is 2.47. The van der Waals surface area contributed by atoms with Crippen LogP contribution in [0.4, 0.5) is 0 Å². The van der Waals surface area contributed by atoms with Crippen LogP contribution in [-0.4, -0.2) is 22.9 Å². The molecular formula is C17H30BrN3. The second-order valence-electron chi connectivity index (χ2n) is 7.55. The fourth-order valence-electron chi connectivity index (χ4n) is 3.77. The van der Waals surface area contributed by atoms with Crippen LogP contribution in [0.5, 0.6) is 0 Å². The van der Waals surface area contributed by atoms with Gasteiger partial charge in [-0.15, -0.1) is 0 Å². The Balaban J connectivity index is 2.25. The first-order chi connectivity index (χ1) is 9.84. The van der Waals surface area contributed by atoms with Gasteiger partial charge in [-0.3, -0.25) is 4.68 Å². The van der Waals surface area contributed by atoms with Gasteiger partial charge in [0.2, 0.25) is 0 Å². The standard InChI is InChI=1S/C17H30BrN3/c1-6-19-10-12-7-8-13(17(2,3)4)9-14(12)16-15(18)11-20-21(16)5/h11-14,19H,6-10H2,1-5H3. The van der Waals surface area contributed by atoms with Gasteiger partial charge in [-0.1, -0.05) is 27.7 Å². The molecule has 120 valence electrons. The highest BCUT2D eigenvalue weighted by atomic mass is 79.9. The van der Waals surface area contributed by atoms with Crippen LogP contribution in [0.25, 0.3) is 0 Å². The zero-order chi connectivity index (χ0) is 15.6. The summed E-state index contributed by atoms with van der Waals surface area (Å²) in [6, 6.07) is 0. The van der Waals surface area contributed by atoms with Gasteiger partial charge in [0.05, 0.1) is 16.4 Å². The van der Waals surface area contributed by atoms with Gasteiger partial charge in [-0.2, -0.15) is 5.10 Å². The van der Waals surface area contributed by atoms with E-state index in [1.807, 2.05) is 6.20 Å². The summed E-state index contributed by atoms with van der Waals surface area (Å²) in [6.45, 7) is 11.5. The third kappa shape index (κ3) is 3.89. The highest BCUT2D eigenvalue weighted by molar-refractivity contribution is 9.10. The number of halogens is 1. The molecule has 0 saturated heterocycles. The van der Waals surface area contributed by atoms with E-state index in [-0.39, 0.29) is 0 Å². The molecule has 1 aliphatic carbocycles. The summed E-state index contributed by atoms with van der Waals surface area (Å²) < 4.78 is 3.24. The number of aromatic nitrogens is 2. The second kappa shape index (κ2) is 6.82. The van der Waals surface area contributed by atoms with E-state index in [0.717, 1.165) is 24.9 Å². The van der Waals surface area contributed by atoms with Crippen molar-refractivity contribution in [3.8, 4) is 0 Å². The zero-order valence-electron chi connectivity index (χ0n) is 14.1. The second-order valence-corrected chi connectivity index (χ2v) is 8.41. The number of hydrogen-bond donors (Lipinski definition) is 1. The molecule has 3 atom stereocenters. The Morgan fingerprint density at radius 1 is 1.38 bits per heavy atom. The molecule has 0 radical (unpaired) electrons. The average Bonchev–Trinajstić information content (AvgIpc) is 2.74. The number of nitrogens with zero attached hydrogens (tertiary/aromatic N) is 2. The predicted molar refractivity (Wildman–Crippen MR) is 92.5 cm³/mol. The molecule has 21 heavy (non-hydrogen) atoms. The highest BCUT2D eigenvalue weighted by Gasteiger charge is 2.38. The van der Waals surface area contributed by atoms with Crippen molar-refractivity contribution in [2.45, 2.75) is 52.9 Å². The van der Waals surface area contributed by atoms with Crippen molar-refractivity contribution in [3.05, 3.63) is 16.4 Å². The molecule has 1 aromatic heterocycles. The predicted octanol–water partition coefficient (Wildman–Crippen LogP) is 4.34. The summed E-state index contributed by atoms with van der Waals surface area (Å²) in [5.41, 5.74) is 1.78. The van der Waals surface area contributed by atoms with Gasteiger partial charge in [0.15, 0.2) is 0 Å². The van der Waals surface area contributed by atoms with Gasteiger partial charge in [0.1, 0.15) is 0 Å². The lowest BCUT2D eigenvalue weighted by molar-refractivity contribution is 0.126. The van der Waals surface area contributed by atoms with Crippen LogP contribution < -0.4 is 5.32 Å². The van der Waals surface area contributed by atoms with Crippen molar-refractivity contribution in [1.29, 1.82) is 0 Å². The fraction of sp³-hybridized carbons (Fsp3) is 0.824. The van der Waals surface area contributed by atoms with Crippen molar-refractivity contribution in [2.24, 2.45) is 24.3 Å². The van der Waals surface area contributed by atoms with Gasteiger partial charge in [0, 0.05) is 13.0 Å².